The topological polar surface area (TPSA) is 113 Å². The summed E-state index contributed by atoms with van der Waals surface area (Å²) in [6.45, 7) is 1.92. The number of aliphatic hydroxyl groups excluding tert-OH is 1. The molecule has 6 heteroatoms. The lowest BCUT2D eigenvalue weighted by Gasteiger charge is -2.16. The number of carbonyl (C=O) groups excluding carboxylic acids is 1. The Morgan fingerprint density at radius 3 is 2.38 bits per heavy atom. The van der Waals surface area contributed by atoms with Gasteiger partial charge in [0, 0.05) is 6.42 Å². The van der Waals surface area contributed by atoms with Gasteiger partial charge in [-0.3, -0.25) is 4.79 Å². The standard InChI is InChI=1S/C10H20N2O4/c1-7(13)9(10(15)16)12-8(14)5-3-2-4-6-11/h7,9,13H,2-6,11H2,1H3,(H,12,14)(H,15,16)/t7-,9+/m1/s1. The average Bonchev–Trinajstić information content (AvgIpc) is 2.20. The molecule has 16 heavy (non-hydrogen) atoms. The number of rotatable bonds is 8. The minimum absolute atomic E-state index is 0.260. The van der Waals surface area contributed by atoms with Crippen LogP contribution in [0.25, 0.3) is 0 Å². The Labute approximate surface area is 94.8 Å². The Morgan fingerprint density at radius 2 is 1.94 bits per heavy atom. The fourth-order valence-corrected chi connectivity index (χ4v) is 1.24. The van der Waals surface area contributed by atoms with Gasteiger partial charge in [0.2, 0.25) is 5.91 Å². The molecule has 1 amide bonds. The Balaban J connectivity index is 3.87. The summed E-state index contributed by atoms with van der Waals surface area (Å²) < 4.78 is 0. The van der Waals surface area contributed by atoms with Crippen molar-refractivity contribution in [1.82, 2.24) is 5.32 Å². The minimum Gasteiger partial charge on any atom is -0.480 e. The molecule has 0 aromatic heterocycles. The van der Waals surface area contributed by atoms with Crippen LogP contribution < -0.4 is 11.1 Å². The molecule has 6 nitrogen and oxygen atoms in total. The number of carboxylic acid groups (broad SMARTS) is 1. The molecule has 0 saturated heterocycles. The summed E-state index contributed by atoms with van der Waals surface area (Å²) in [7, 11) is 0. The lowest BCUT2D eigenvalue weighted by molar-refractivity contribution is -0.144. The Hall–Kier alpha value is -1.14. The van der Waals surface area contributed by atoms with Crippen LogP contribution in [-0.2, 0) is 9.59 Å². The van der Waals surface area contributed by atoms with Crippen LogP contribution in [0.3, 0.4) is 0 Å². The highest BCUT2D eigenvalue weighted by atomic mass is 16.4. The van der Waals surface area contributed by atoms with Gasteiger partial charge in [-0.1, -0.05) is 6.42 Å². The van der Waals surface area contributed by atoms with Gasteiger partial charge >= 0.3 is 5.97 Å². The van der Waals surface area contributed by atoms with Gasteiger partial charge in [0.05, 0.1) is 6.10 Å². The van der Waals surface area contributed by atoms with E-state index in [9.17, 15) is 9.59 Å². The van der Waals surface area contributed by atoms with Crippen LogP contribution in [0.1, 0.15) is 32.6 Å². The molecule has 0 unspecified atom stereocenters. The third kappa shape index (κ3) is 6.36. The van der Waals surface area contributed by atoms with E-state index < -0.39 is 18.1 Å². The van der Waals surface area contributed by atoms with E-state index in [0.717, 1.165) is 12.8 Å². The van der Waals surface area contributed by atoms with Gasteiger partial charge < -0.3 is 21.3 Å². The van der Waals surface area contributed by atoms with Crippen molar-refractivity contribution in [2.24, 2.45) is 5.73 Å². The van der Waals surface area contributed by atoms with Crippen molar-refractivity contribution in [2.45, 2.75) is 44.8 Å². The summed E-state index contributed by atoms with van der Waals surface area (Å²) in [5, 5.41) is 20.1. The van der Waals surface area contributed by atoms with Crippen LogP contribution in [0.5, 0.6) is 0 Å². The number of hydrogen-bond acceptors (Lipinski definition) is 4. The minimum atomic E-state index is -1.23. The number of nitrogens with one attached hydrogen (secondary N) is 1. The van der Waals surface area contributed by atoms with Crippen molar-refractivity contribution in [2.75, 3.05) is 6.54 Å². The van der Waals surface area contributed by atoms with Crippen molar-refractivity contribution >= 4 is 11.9 Å². The molecule has 0 rings (SSSR count). The summed E-state index contributed by atoms with van der Waals surface area (Å²) in [6, 6.07) is -1.23. The van der Waals surface area contributed by atoms with Crippen molar-refractivity contribution in [3.05, 3.63) is 0 Å². The molecule has 0 bridgehead atoms. The van der Waals surface area contributed by atoms with Crippen LogP contribution in [0.4, 0.5) is 0 Å². The Morgan fingerprint density at radius 1 is 1.31 bits per heavy atom. The van der Waals surface area contributed by atoms with Crippen molar-refractivity contribution in [3.8, 4) is 0 Å². The van der Waals surface area contributed by atoms with E-state index in [1.807, 2.05) is 0 Å². The second kappa shape index (κ2) is 8.06. The van der Waals surface area contributed by atoms with Crippen molar-refractivity contribution < 1.29 is 19.8 Å². The van der Waals surface area contributed by atoms with Gasteiger partial charge in [0.1, 0.15) is 0 Å². The number of nitrogens with two attached hydrogens (primary N) is 1. The zero-order valence-electron chi connectivity index (χ0n) is 9.48. The van der Waals surface area contributed by atoms with Gasteiger partial charge in [-0.2, -0.15) is 0 Å². The fourth-order valence-electron chi connectivity index (χ4n) is 1.24. The van der Waals surface area contributed by atoms with Crippen LogP contribution in [-0.4, -0.2) is 40.8 Å². The maximum Gasteiger partial charge on any atom is 0.328 e. The number of aliphatic hydroxyl groups is 1. The first kappa shape index (κ1) is 14.9. The van der Waals surface area contributed by atoms with E-state index in [1.54, 1.807) is 0 Å². The second-order valence-electron chi connectivity index (χ2n) is 3.72. The van der Waals surface area contributed by atoms with Crippen LogP contribution in [0.2, 0.25) is 0 Å². The highest BCUT2D eigenvalue weighted by Gasteiger charge is 2.24. The first-order valence-electron chi connectivity index (χ1n) is 5.39. The molecule has 94 valence electrons. The summed E-state index contributed by atoms with van der Waals surface area (Å²) >= 11 is 0. The molecule has 0 fully saturated rings. The largest absolute Gasteiger partial charge is 0.480 e. The SMILES string of the molecule is C[C@@H](O)[C@H](NC(=O)CCCCCN)C(=O)O. The zero-order valence-corrected chi connectivity index (χ0v) is 9.48. The predicted molar refractivity (Wildman–Crippen MR) is 58.8 cm³/mol. The summed E-state index contributed by atoms with van der Waals surface area (Å²) in [4.78, 5) is 22.0. The maximum absolute atomic E-state index is 11.3. The van der Waals surface area contributed by atoms with Crippen LogP contribution in [0, 0.1) is 0 Å². The van der Waals surface area contributed by atoms with Gasteiger partial charge in [-0.15, -0.1) is 0 Å². The molecule has 0 heterocycles. The second-order valence-corrected chi connectivity index (χ2v) is 3.72. The molecular weight excluding hydrogens is 212 g/mol. The van der Waals surface area contributed by atoms with Crippen molar-refractivity contribution in [3.63, 3.8) is 0 Å². The number of aliphatic carboxylic acids is 1. The van der Waals surface area contributed by atoms with E-state index >= 15 is 0 Å². The molecule has 0 aliphatic rings. The smallest absolute Gasteiger partial charge is 0.328 e. The van der Waals surface area contributed by atoms with Gasteiger partial charge in [-0.25, -0.2) is 4.79 Å². The molecule has 0 saturated carbocycles. The number of amides is 1. The van der Waals surface area contributed by atoms with E-state index in [-0.39, 0.29) is 12.3 Å². The van der Waals surface area contributed by atoms with Crippen LogP contribution in [0.15, 0.2) is 0 Å². The van der Waals surface area contributed by atoms with Gasteiger partial charge in [0.15, 0.2) is 6.04 Å². The van der Waals surface area contributed by atoms with Crippen LogP contribution >= 0.6 is 0 Å². The highest BCUT2D eigenvalue weighted by Crippen LogP contribution is 2.00. The average molecular weight is 232 g/mol. The third-order valence-electron chi connectivity index (χ3n) is 2.17. The number of carboxylic acids is 1. The summed E-state index contributed by atoms with van der Waals surface area (Å²) in [5.41, 5.74) is 5.29. The van der Waals surface area contributed by atoms with E-state index in [2.05, 4.69) is 5.32 Å². The predicted octanol–water partition coefficient (Wildman–Crippen LogP) is -0.544. The van der Waals surface area contributed by atoms with Gasteiger partial charge in [0.25, 0.3) is 0 Å². The maximum atomic E-state index is 11.3. The Bertz CT molecular complexity index is 231. The molecule has 0 radical (unpaired) electrons. The highest BCUT2D eigenvalue weighted by molar-refractivity contribution is 5.83. The van der Waals surface area contributed by atoms with E-state index in [4.69, 9.17) is 15.9 Å². The summed E-state index contributed by atoms with van der Waals surface area (Å²) in [5.74, 6) is -1.59. The molecule has 0 spiro atoms. The number of hydrogen-bond donors (Lipinski definition) is 4. The van der Waals surface area contributed by atoms with Gasteiger partial charge in [-0.05, 0) is 26.3 Å². The molecule has 5 N–H and O–H groups in total. The lowest BCUT2D eigenvalue weighted by Crippen LogP contribution is -2.47. The molecule has 2 atom stereocenters. The summed E-state index contributed by atoms with van der Waals surface area (Å²) in [6.07, 6.45) is 1.53. The quantitative estimate of drug-likeness (QED) is 0.420. The fraction of sp³-hybridized carbons (Fsp3) is 0.800. The van der Waals surface area contributed by atoms with Crippen molar-refractivity contribution in [1.29, 1.82) is 0 Å². The zero-order chi connectivity index (χ0) is 12.6. The molecule has 0 aliphatic heterocycles. The molecule has 0 aliphatic carbocycles. The Kier molecular flexibility index (Phi) is 7.49. The molecule has 0 aromatic rings. The first-order chi connectivity index (χ1) is 7.49. The normalized spacial score (nSPS) is 14.2. The third-order valence-corrected chi connectivity index (χ3v) is 2.17. The first-order valence-corrected chi connectivity index (χ1v) is 5.39. The van der Waals surface area contributed by atoms with E-state index in [0.29, 0.717) is 13.0 Å². The monoisotopic (exact) mass is 232 g/mol. The van der Waals surface area contributed by atoms with E-state index in [1.165, 1.54) is 6.92 Å². The lowest BCUT2D eigenvalue weighted by atomic mass is 10.1. The number of carbonyl (C=O) groups is 2. The molecule has 0 aromatic carbocycles. The number of unbranched alkanes of at least 4 members (excludes halogenated alkanes) is 2. The molecular formula is C10H20N2O4.